The van der Waals surface area contributed by atoms with Crippen molar-refractivity contribution in [1.29, 1.82) is 0 Å². The number of carbonyl (C=O) groups is 2. The first kappa shape index (κ1) is 14.3. The molecular formula is C15H16ClFN2O2. The third-order valence-electron chi connectivity index (χ3n) is 4.27. The number of hydrogen-bond donors (Lipinski definition) is 1. The van der Waals surface area contributed by atoms with Gasteiger partial charge in [-0.05, 0) is 37.8 Å². The van der Waals surface area contributed by atoms with E-state index in [1.54, 1.807) is 13.0 Å². The summed E-state index contributed by atoms with van der Waals surface area (Å²) in [6.45, 7) is 1.70. The SMILES string of the molecule is CC1(C2CC2)NC(=O)CN(Cc2c(F)cccc2Cl)C1=O. The molecule has 0 bridgehead atoms. The minimum absolute atomic E-state index is 0.0140. The number of hydrogen-bond acceptors (Lipinski definition) is 2. The smallest absolute Gasteiger partial charge is 0.249 e. The van der Waals surface area contributed by atoms with Crippen LogP contribution in [-0.4, -0.2) is 28.8 Å². The Hall–Kier alpha value is -1.62. The zero-order chi connectivity index (χ0) is 15.2. The fourth-order valence-corrected chi connectivity index (χ4v) is 3.12. The van der Waals surface area contributed by atoms with Gasteiger partial charge in [-0.1, -0.05) is 17.7 Å². The second-order valence-corrected chi connectivity index (χ2v) is 6.29. The maximum Gasteiger partial charge on any atom is 0.249 e. The molecule has 6 heteroatoms. The zero-order valence-electron chi connectivity index (χ0n) is 11.7. The normalized spacial score (nSPS) is 26.0. The van der Waals surface area contributed by atoms with E-state index in [-0.39, 0.29) is 41.4 Å². The summed E-state index contributed by atoms with van der Waals surface area (Å²) in [6.07, 6.45) is 1.85. The second-order valence-electron chi connectivity index (χ2n) is 5.89. The molecule has 0 radical (unpaired) electrons. The highest BCUT2D eigenvalue weighted by molar-refractivity contribution is 6.31. The lowest BCUT2D eigenvalue weighted by molar-refractivity contribution is -0.150. The minimum Gasteiger partial charge on any atom is -0.340 e. The molecule has 0 aromatic heterocycles. The Morgan fingerprint density at radius 2 is 2.14 bits per heavy atom. The summed E-state index contributed by atoms with van der Waals surface area (Å²) in [5.74, 6) is -0.664. The van der Waals surface area contributed by atoms with E-state index < -0.39 is 11.4 Å². The van der Waals surface area contributed by atoms with E-state index in [9.17, 15) is 14.0 Å². The number of amides is 2. The van der Waals surface area contributed by atoms with Crippen LogP contribution in [0.2, 0.25) is 5.02 Å². The van der Waals surface area contributed by atoms with Crippen molar-refractivity contribution in [1.82, 2.24) is 10.2 Å². The summed E-state index contributed by atoms with van der Waals surface area (Å²) in [7, 11) is 0. The van der Waals surface area contributed by atoms with Crippen LogP contribution in [0.5, 0.6) is 0 Å². The highest BCUT2D eigenvalue weighted by atomic mass is 35.5. The molecule has 1 saturated carbocycles. The van der Waals surface area contributed by atoms with Gasteiger partial charge in [-0.15, -0.1) is 0 Å². The van der Waals surface area contributed by atoms with Crippen molar-refractivity contribution < 1.29 is 14.0 Å². The van der Waals surface area contributed by atoms with Gasteiger partial charge in [0.05, 0.1) is 13.1 Å². The fourth-order valence-electron chi connectivity index (χ4n) is 2.90. The second kappa shape index (κ2) is 4.98. The molecule has 1 N–H and O–H groups in total. The number of halogens is 2. The number of carbonyl (C=O) groups excluding carboxylic acids is 2. The van der Waals surface area contributed by atoms with Crippen molar-refractivity contribution in [3.63, 3.8) is 0 Å². The quantitative estimate of drug-likeness (QED) is 0.929. The average Bonchev–Trinajstić information content (AvgIpc) is 3.24. The molecule has 2 amide bonds. The highest BCUT2D eigenvalue weighted by Crippen LogP contribution is 2.41. The Labute approximate surface area is 127 Å². The largest absolute Gasteiger partial charge is 0.340 e. The molecule has 1 aromatic rings. The fraction of sp³-hybridized carbons (Fsp3) is 0.467. The first-order chi connectivity index (χ1) is 9.91. The summed E-state index contributed by atoms with van der Waals surface area (Å²) in [5, 5.41) is 3.06. The molecule has 2 fully saturated rings. The van der Waals surface area contributed by atoms with Crippen LogP contribution >= 0.6 is 11.6 Å². The van der Waals surface area contributed by atoms with Crippen LogP contribution in [0.3, 0.4) is 0 Å². The van der Waals surface area contributed by atoms with E-state index in [1.807, 2.05) is 0 Å². The lowest BCUT2D eigenvalue weighted by Gasteiger charge is -2.40. The molecule has 4 nitrogen and oxygen atoms in total. The Kier molecular flexibility index (Phi) is 3.40. The highest BCUT2D eigenvalue weighted by Gasteiger charge is 2.52. The first-order valence-electron chi connectivity index (χ1n) is 6.95. The van der Waals surface area contributed by atoms with E-state index in [1.165, 1.54) is 17.0 Å². The molecule has 1 aliphatic carbocycles. The van der Waals surface area contributed by atoms with Gasteiger partial charge in [-0.25, -0.2) is 4.39 Å². The molecule has 2 aliphatic rings. The van der Waals surface area contributed by atoms with Gasteiger partial charge in [-0.2, -0.15) is 0 Å². The predicted molar refractivity (Wildman–Crippen MR) is 76.1 cm³/mol. The van der Waals surface area contributed by atoms with E-state index in [4.69, 9.17) is 11.6 Å². The third kappa shape index (κ3) is 2.50. The average molecular weight is 311 g/mol. The molecular weight excluding hydrogens is 295 g/mol. The molecule has 1 heterocycles. The molecule has 1 aliphatic heterocycles. The summed E-state index contributed by atoms with van der Waals surface area (Å²) in [6, 6.07) is 4.39. The van der Waals surface area contributed by atoms with Gasteiger partial charge in [0.1, 0.15) is 11.4 Å². The van der Waals surface area contributed by atoms with Crippen LogP contribution in [0.4, 0.5) is 4.39 Å². The van der Waals surface area contributed by atoms with Gasteiger partial charge >= 0.3 is 0 Å². The van der Waals surface area contributed by atoms with E-state index in [0.29, 0.717) is 0 Å². The molecule has 1 unspecified atom stereocenters. The Morgan fingerprint density at radius 3 is 2.76 bits per heavy atom. The van der Waals surface area contributed by atoms with Crippen LogP contribution < -0.4 is 5.32 Å². The predicted octanol–water partition coefficient (Wildman–Crippen LogP) is 2.11. The summed E-state index contributed by atoms with van der Waals surface area (Å²) in [4.78, 5) is 25.9. The molecule has 21 heavy (non-hydrogen) atoms. The molecule has 1 atom stereocenters. The lowest BCUT2D eigenvalue weighted by Crippen LogP contribution is -2.66. The molecule has 1 saturated heterocycles. The van der Waals surface area contributed by atoms with Crippen molar-refractivity contribution in [2.45, 2.75) is 31.8 Å². The summed E-state index contributed by atoms with van der Waals surface area (Å²) < 4.78 is 13.9. The van der Waals surface area contributed by atoms with Crippen LogP contribution in [-0.2, 0) is 16.1 Å². The van der Waals surface area contributed by atoms with Crippen LogP contribution in [0.25, 0.3) is 0 Å². The van der Waals surface area contributed by atoms with Crippen molar-refractivity contribution in [3.8, 4) is 0 Å². The van der Waals surface area contributed by atoms with Crippen molar-refractivity contribution >= 4 is 23.4 Å². The Morgan fingerprint density at radius 1 is 1.43 bits per heavy atom. The van der Waals surface area contributed by atoms with Gasteiger partial charge in [-0.3, -0.25) is 9.59 Å². The van der Waals surface area contributed by atoms with Gasteiger partial charge in [0.25, 0.3) is 0 Å². The van der Waals surface area contributed by atoms with Gasteiger partial charge in [0.15, 0.2) is 0 Å². The molecule has 0 spiro atoms. The number of benzene rings is 1. The van der Waals surface area contributed by atoms with Crippen molar-refractivity contribution in [2.75, 3.05) is 6.54 Å². The molecule has 1 aromatic carbocycles. The van der Waals surface area contributed by atoms with Gasteiger partial charge < -0.3 is 10.2 Å². The van der Waals surface area contributed by atoms with E-state index in [0.717, 1.165) is 12.8 Å². The Bertz CT molecular complexity index is 597. The number of piperazine rings is 1. The lowest BCUT2D eigenvalue weighted by atomic mass is 9.91. The monoisotopic (exact) mass is 310 g/mol. The topological polar surface area (TPSA) is 49.4 Å². The number of nitrogens with zero attached hydrogens (tertiary/aromatic N) is 1. The van der Waals surface area contributed by atoms with E-state index >= 15 is 0 Å². The number of rotatable bonds is 3. The van der Waals surface area contributed by atoms with Crippen molar-refractivity contribution in [3.05, 3.63) is 34.6 Å². The van der Waals surface area contributed by atoms with E-state index in [2.05, 4.69) is 5.32 Å². The number of nitrogens with one attached hydrogen (secondary N) is 1. The van der Waals surface area contributed by atoms with Crippen LogP contribution in [0.15, 0.2) is 18.2 Å². The molecule has 3 rings (SSSR count). The summed E-state index contributed by atoms with van der Waals surface area (Å²) >= 11 is 6.00. The van der Waals surface area contributed by atoms with Crippen LogP contribution in [0, 0.1) is 11.7 Å². The first-order valence-corrected chi connectivity index (χ1v) is 7.33. The van der Waals surface area contributed by atoms with Gasteiger partial charge in [0.2, 0.25) is 11.8 Å². The maximum absolute atomic E-state index is 13.9. The molecule has 112 valence electrons. The zero-order valence-corrected chi connectivity index (χ0v) is 12.4. The minimum atomic E-state index is -0.868. The maximum atomic E-state index is 13.9. The van der Waals surface area contributed by atoms with Gasteiger partial charge in [0, 0.05) is 10.6 Å². The third-order valence-corrected chi connectivity index (χ3v) is 4.62. The summed E-state index contributed by atoms with van der Waals surface area (Å²) in [5.41, 5.74) is -0.618. The standard InChI is InChI=1S/C15H16ClFN2O2/c1-15(9-5-6-9)14(21)19(8-13(20)18-15)7-10-11(16)3-2-4-12(10)17/h2-4,9H,5-8H2,1H3,(H,18,20). The van der Waals surface area contributed by atoms with Crippen molar-refractivity contribution in [2.24, 2.45) is 5.92 Å². The van der Waals surface area contributed by atoms with Crippen LogP contribution in [0.1, 0.15) is 25.3 Å². The Balaban J connectivity index is 1.87.